The molecule has 0 unspecified atom stereocenters. The minimum absolute atomic E-state index is 0.184. The quantitative estimate of drug-likeness (QED) is 0.553. The summed E-state index contributed by atoms with van der Waals surface area (Å²) in [4.78, 5) is 25.3. The standard InChI is InChI=1S/C12H13N5O2/c13-4-3-6-1-2-7-8(5-6)16-11(17-12(15)19)9(7)10(14)18/h1-5,16H,13H2,(H2,14,18)(H3,15,17,19)/b4-3+. The molecule has 0 radical (unpaired) electrons. The predicted octanol–water partition coefficient (Wildman–Crippen LogP) is 0.687. The van der Waals surface area contributed by atoms with Crippen LogP contribution in [-0.2, 0) is 0 Å². The van der Waals surface area contributed by atoms with Gasteiger partial charge in [-0.3, -0.25) is 10.1 Å². The van der Waals surface area contributed by atoms with E-state index in [0.717, 1.165) is 5.56 Å². The van der Waals surface area contributed by atoms with Crippen LogP contribution in [-0.4, -0.2) is 16.9 Å². The molecule has 0 aliphatic heterocycles. The van der Waals surface area contributed by atoms with Gasteiger partial charge in [-0.05, 0) is 23.9 Å². The number of carbonyl (C=O) groups is 2. The molecule has 0 aliphatic carbocycles. The Labute approximate surface area is 108 Å². The number of hydrogen-bond acceptors (Lipinski definition) is 3. The number of aromatic nitrogens is 1. The van der Waals surface area contributed by atoms with E-state index in [0.29, 0.717) is 10.9 Å². The number of benzene rings is 1. The number of nitrogens with one attached hydrogen (secondary N) is 2. The van der Waals surface area contributed by atoms with Crippen LogP contribution in [0.5, 0.6) is 0 Å². The first-order valence-electron chi connectivity index (χ1n) is 5.43. The molecule has 2 rings (SSSR count). The van der Waals surface area contributed by atoms with Crippen molar-refractivity contribution >= 4 is 34.7 Å². The van der Waals surface area contributed by atoms with Gasteiger partial charge in [-0.25, -0.2) is 4.79 Å². The first kappa shape index (κ1) is 12.5. The number of rotatable bonds is 3. The monoisotopic (exact) mass is 259 g/mol. The fraction of sp³-hybridized carbons (Fsp3) is 0. The summed E-state index contributed by atoms with van der Waals surface area (Å²) in [6.07, 6.45) is 3.10. The van der Waals surface area contributed by atoms with E-state index in [1.807, 2.05) is 0 Å². The number of urea groups is 1. The molecule has 1 aromatic carbocycles. The molecule has 2 aromatic rings. The summed E-state index contributed by atoms with van der Waals surface area (Å²) in [6, 6.07) is 4.49. The maximum absolute atomic E-state index is 11.5. The Balaban J connectivity index is 2.65. The molecule has 0 saturated carbocycles. The molecule has 1 heterocycles. The van der Waals surface area contributed by atoms with Gasteiger partial charge in [0, 0.05) is 10.9 Å². The average molecular weight is 259 g/mol. The first-order chi connectivity index (χ1) is 9.02. The van der Waals surface area contributed by atoms with E-state index in [-0.39, 0.29) is 11.4 Å². The second kappa shape index (κ2) is 4.73. The predicted molar refractivity (Wildman–Crippen MR) is 73.2 cm³/mol. The Morgan fingerprint density at radius 1 is 1.26 bits per heavy atom. The Bertz CT molecular complexity index is 687. The zero-order chi connectivity index (χ0) is 14.0. The van der Waals surface area contributed by atoms with Gasteiger partial charge in [0.15, 0.2) is 0 Å². The third kappa shape index (κ3) is 2.34. The number of amides is 3. The van der Waals surface area contributed by atoms with Crippen molar-refractivity contribution in [2.24, 2.45) is 17.2 Å². The molecule has 0 saturated heterocycles. The third-order valence-electron chi connectivity index (χ3n) is 2.61. The summed E-state index contributed by atoms with van der Waals surface area (Å²) in [5, 5.41) is 2.94. The van der Waals surface area contributed by atoms with Gasteiger partial charge in [0.05, 0.1) is 5.56 Å². The van der Waals surface area contributed by atoms with E-state index in [4.69, 9.17) is 17.2 Å². The molecule has 0 spiro atoms. The maximum atomic E-state index is 11.5. The lowest BCUT2D eigenvalue weighted by molar-refractivity contribution is 0.100. The van der Waals surface area contributed by atoms with Crippen molar-refractivity contribution in [2.75, 3.05) is 5.32 Å². The van der Waals surface area contributed by atoms with Crippen LogP contribution in [0.2, 0.25) is 0 Å². The second-order valence-corrected chi connectivity index (χ2v) is 3.89. The Morgan fingerprint density at radius 2 is 2.00 bits per heavy atom. The summed E-state index contributed by atoms with van der Waals surface area (Å²) in [6.45, 7) is 0. The van der Waals surface area contributed by atoms with Crippen molar-refractivity contribution in [3.8, 4) is 0 Å². The van der Waals surface area contributed by atoms with E-state index in [1.165, 1.54) is 6.20 Å². The van der Waals surface area contributed by atoms with Gasteiger partial charge in [-0.1, -0.05) is 12.1 Å². The van der Waals surface area contributed by atoms with E-state index in [9.17, 15) is 9.59 Å². The summed E-state index contributed by atoms with van der Waals surface area (Å²) in [7, 11) is 0. The number of fused-ring (bicyclic) bond motifs is 1. The van der Waals surface area contributed by atoms with Gasteiger partial charge in [0.2, 0.25) is 0 Å². The molecule has 0 aliphatic rings. The Morgan fingerprint density at radius 3 is 2.58 bits per heavy atom. The number of hydrogen-bond donors (Lipinski definition) is 5. The van der Waals surface area contributed by atoms with Crippen LogP contribution in [0.1, 0.15) is 15.9 Å². The van der Waals surface area contributed by atoms with Crippen LogP contribution in [0.4, 0.5) is 10.6 Å². The minimum atomic E-state index is -0.781. The summed E-state index contributed by atoms with van der Waals surface area (Å²) < 4.78 is 0. The minimum Gasteiger partial charge on any atom is -0.405 e. The highest BCUT2D eigenvalue weighted by atomic mass is 16.2. The van der Waals surface area contributed by atoms with Crippen molar-refractivity contribution < 1.29 is 9.59 Å². The maximum Gasteiger partial charge on any atom is 0.317 e. The lowest BCUT2D eigenvalue weighted by Crippen LogP contribution is -2.22. The number of anilines is 1. The van der Waals surface area contributed by atoms with Crippen molar-refractivity contribution in [3.05, 3.63) is 35.5 Å². The number of nitrogens with two attached hydrogens (primary N) is 3. The number of aromatic amines is 1. The highest BCUT2D eigenvalue weighted by Crippen LogP contribution is 2.27. The molecule has 8 N–H and O–H groups in total. The van der Waals surface area contributed by atoms with Crippen LogP contribution in [0.15, 0.2) is 24.4 Å². The first-order valence-corrected chi connectivity index (χ1v) is 5.43. The molecule has 0 atom stereocenters. The van der Waals surface area contributed by atoms with Gasteiger partial charge in [0.25, 0.3) is 5.91 Å². The molecule has 0 fully saturated rings. The fourth-order valence-electron chi connectivity index (χ4n) is 1.90. The van der Waals surface area contributed by atoms with Gasteiger partial charge in [0.1, 0.15) is 5.82 Å². The van der Waals surface area contributed by atoms with E-state index < -0.39 is 11.9 Å². The number of carbonyl (C=O) groups excluding carboxylic acids is 2. The second-order valence-electron chi connectivity index (χ2n) is 3.89. The summed E-state index contributed by atoms with van der Waals surface area (Å²) in [5.41, 5.74) is 17.4. The number of primary amides is 2. The normalized spacial score (nSPS) is 10.9. The summed E-state index contributed by atoms with van der Waals surface area (Å²) in [5.74, 6) is -0.471. The van der Waals surface area contributed by atoms with Gasteiger partial charge >= 0.3 is 6.03 Å². The van der Waals surface area contributed by atoms with Crippen LogP contribution < -0.4 is 22.5 Å². The Kier molecular flexibility index (Phi) is 3.11. The molecule has 98 valence electrons. The van der Waals surface area contributed by atoms with Crippen molar-refractivity contribution in [2.45, 2.75) is 0 Å². The topological polar surface area (TPSA) is 140 Å². The molecule has 1 aromatic heterocycles. The zero-order valence-electron chi connectivity index (χ0n) is 9.94. The molecular formula is C12H13N5O2. The molecule has 3 amide bonds. The van der Waals surface area contributed by atoms with Crippen molar-refractivity contribution in [1.29, 1.82) is 0 Å². The van der Waals surface area contributed by atoms with E-state index in [1.54, 1.807) is 24.3 Å². The molecule has 0 bridgehead atoms. The molecule has 7 nitrogen and oxygen atoms in total. The highest BCUT2D eigenvalue weighted by molar-refractivity contribution is 6.13. The smallest absolute Gasteiger partial charge is 0.317 e. The van der Waals surface area contributed by atoms with Gasteiger partial charge < -0.3 is 22.2 Å². The SMILES string of the molecule is N/C=C/c1ccc2c(C(N)=O)c(NC(N)=O)[nH]c2c1. The lowest BCUT2D eigenvalue weighted by atomic mass is 10.1. The zero-order valence-corrected chi connectivity index (χ0v) is 9.94. The van der Waals surface area contributed by atoms with Crippen LogP contribution in [0.25, 0.3) is 17.0 Å². The van der Waals surface area contributed by atoms with Crippen LogP contribution in [0.3, 0.4) is 0 Å². The van der Waals surface area contributed by atoms with E-state index in [2.05, 4.69) is 10.3 Å². The van der Waals surface area contributed by atoms with Gasteiger partial charge in [-0.2, -0.15) is 0 Å². The highest BCUT2D eigenvalue weighted by Gasteiger charge is 2.17. The molecule has 19 heavy (non-hydrogen) atoms. The average Bonchev–Trinajstić information content (AvgIpc) is 2.65. The molecular weight excluding hydrogens is 246 g/mol. The molecule has 7 heteroatoms. The summed E-state index contributed by atoms with van der Waals surface area (Å²) >= 11 is 0. The van der Waals surface area contributed by atoms with Crippen LogP contribution in [0, 0.1) is 0 Å². The fourth-order valence-corrected chi connectivity index (χ4v) is 1.90. The van der Waals surface area contributed by atoms with Crippen molar-refractivity contribution in [1.82, 2.24) is 4.98 Å². The number of H-pyrrole nitrogens is 1. The van der Waals surface area contributed by atoms with E-state index >= 15 is 0 Å². The Hall–Kier alpha value is -2.96. The van der Waals surface area contributed by atoms with Gasteiger partial charge in [-0.15, -0.1) is 0 Å². The lowest BCUT2D eigenvalue weighted by Gasteiger charge is -2.00. The third-order valence-corrected chi connectivity index (χ3v) is 2.61. The van der Waals surface area contributed by atoms with Crippen molar-refractivity contribution in [3.63, 3.8) is 0 Å². The largest absolute Gasteiger partial charge is 0.405 e. The van der Waals surface area contributed by atoms with Crippen LogP contribution >= 0.6 is 0 Å².